The highest BCUT2D eigenvalue weighted by Crippen LogP contribution is 2.31. The SMILES string of the molecule is Cl.Cl.Clc1cc(Br)ccc1-c1ccc(CNCC2CCNCC2)o1. The molecule has 3 nitrogen and oxygen atoms in total. The summed E-state index contributed by atoms with van der Waals surface area (Å²) in [6, 6.07) is 9.82. The molecular formula is C17H22BrCl3N2O. The Kier molecular flexibility index (Phi) is 9.72. The first-order valence-corrected chi connectivity index (χ1v) is 8.85. The fourth-order valence-electron chi connectivity index (χ4n) is 2.79. The third kappa shape index (κ3) is 5.94. The Labute approximate surface area is 168 Å². The molecule has 7 heteroatoms. The van der Waals surface area contributed by atoms with Crippen molar-refractivity contribution >= 4 is 52.3 Å². The second-order valence-electron chi connectivity index (χ2n) is 5.71. The van der Waals surface area contributed by atoms with E-state index in [4.69, 9.17) is 16.0 Å². The molecule has 0 radical (unpaired) electrons. The molecule has 24 heavy (non-hydrogen) atoms. The molecule has 0 bridgehead atoms. The van der Waals surface area contributed by atoms with Gasteiger partial charge in [-0.25, -0.2) is 0 Å². The van der Waals surface area contributed by atoms with Crippen LogP contribution in [-0.4, -0.2) is 19.6 Å². The minimum atomic E-state index is 0. The van der Waals surface area contributed by atoms with Gasteiger partial charge in [0.15, 0.2) is 0 Å². The van der Waals surface area contributed by atoms with Gasteiger partial charge in [-0.1, -0.05) is 27.5 Å². The maximum absolute atomic E-state index is 6.27. The van der Waals surface area contributed by atoms with Crippen molar-refractivity contribution in [1.29, 1.82) is 0 Å². The second-order valence-corrected chi connectivity index (χ2v) is 7.04. The van der Waals surface area contributed by atoms with E-state index in [1.807, 2.05) is 30.3 Å². The molecular weight excluding hydrogens is 434 g/mol. The number of hydrogen-bond donors (Lipinski definition) is 2. The summed E-state index contributed by atoms with van der Waals surface area (Å²) in [5.41, 5.74) is 0.925. The first-order chi connectivity index (χ1) is 10.7. The number of hydrogen-bond acceptors (Lipinski definition) is 3. The molecule has 2 aromatic rings. The van der Waals surface area contributed by atoms with Crippen LogP contribution in [0.2, 0.25) is 5.02 Å². The van der Waals surface area contributed by atoms with Crippen LogP contribution in [-0.2, 0) is 6.54 Å². The van der Waals surface area contributed by atoms with Gasteiger partial charge < -0.3 is 15.1 Å². The van der Waals surface area contributed by atoms with Crippen molar-refractivity contribution in [3.8, 4) is 11.3 Å². The lowest BCUT2D eigenvalue weighted by atomic mass is 9.98. The van der Waals surface area contributed by atoms with E-state index in [0.29, 0.717) is 5.02 Å². The number of furan rings is 1. The molecule has 134 valence electrons. The first-order valence-electron chi connectivity index (χ1n) is 7.68. The van der Waals surface area contributed by atoms with Crippen molar-refractivity contribution in [3.63, 3.8) is 0 Å². The lowest BCUT2D eigenvalue weighted by molar-refractivity contribution is 0.350. The van der Waals surface area contributed by atoms with Crippen LogP contribution in [0.5, 0.6) is 0 Å². The smallest absolute Gasteiger partial charge is 0.135 e. The lowest BCUT2D eigenvalue weighted by Gasteiger charge is -2.22. The van der Waals surface area contributed by atoms with Gasteiger partial charge in [0.25, 0.3) is 0 Å². The molecule has 1 aromatic heterocycles. The van der Waals surface area contributed by atoms with Crippen LogP contribution < -0.4 is 10.6 Å². The molecule has 1 saturated heterocycles. The van der Waals surface area contributed by atoms with E-state index in [-0.39, 0.29) is 24.8 Å². The highest BCUT2D eigenvalue weighted by atomic mass is 79.9. The lowest BCUT2D eigenvalue weighted by Crippen LogP contribution is -2.33. The van der Waals surface area contributed by atoms with Gasteiger partial charge in [0.2, 0.25) is 0 Å². The van der Waals surface area contributed by atoms with Gasteiger partial charge in [-0.2, -0.15) is 0 Å². The molecule has 1 aliphatic rings. The number of nitrogens with one attached hydrogen (secondary N) is 2. The van der Waals surface area contributed by atoms with E-state index < -0.39 is 0 Å². The summed E-state index contributed by atoms with van der Waals surface area (Å²) in [5.74, 6) is 2.54. The van der Waals surface area contributed by atoms with Crippen LogP contribution in [0.3, 0.4) is 0 Å². The molecule has 0 atom stereocenters. The van der Waals surface area contributed by atoms with Crippen LogP contribution >= 0.6 is 52.3 Å². The molecule has 0 spiro atoms. The largest absolute Gasteiger partial charge is 0.460 e. The Morgan fingerprint density at radius 3 is 2.62 bits per heavy atom. The van der Waals surface area contributed by atoms with Crippen molar-refractivity contribution in [2.45, 2.75) is 19.4 Å². The van der Waals surface area contributed by atoms with E-state index in [1.165, 1.54) is 12.8 Å². The average Bonchev–Trinajstić information content (AvgIpc) is 2.97. The first kappa shape index (κ1) is 21.8. The van der Waals surface area contributed by atoms with Crippen molar-refractivity contribution < 1.29 is 4.42 Å². The zero-order chi connectivity index (χ0) is 15.4. The zero-order valence-corrected chi connectivity index (χ0v) is 17.2. The molecule has 1 aromatic carbocycles. The van der Waals surface area contributed by atoms with Gasteiger partial charge >= 0.3 is 0 Å². The van der Waals surface area contributed by atoms with Gasteiger partial charge in [0.05, 0.1) is 11.6 Å². The molecule has 0 saturated carbocycles. The summed E-state index contributed by atoms with van der Waals surface area (Å²) in [5, 5.41) is 7.58. The molecule has 3 rings (SSSR count). The van der Waals surface area contributed by atoms with Gasteiger partial charge in [-0.3, -0.25) is 0 Å². The quantitative estimate of drug-likeness (QED) is 0.642. The maximum Gasteiger partial charge on any atom is 0.135 e. The third-order valence-corrected chi connectivity index (χ3v) is 4.86. The maximum atomic E-state index is 6.27. The Morgan fingerprint density at radius 1 is 1.17 bits per heavy atom. The van der Waals surface area contributed by atoms with Crippen molar-refractivity contribution in [2.24, 2.45) is 5.92 Å². The highest BCUT2D eigenvalue weighted by Gasteiger charge is 2.13. The monoisotopic (exact) mass is 454 g/mol. The number of piperidine rings is 1. The molecule has 0 amide bonds. The Hall–Kier alpha value is -0.230. The topological polar surface area (TPSA) is 37.2 Å². The van der Waals surface area contributed by atoms with E-state index in [2.05, 4.69) is 26.6 Å². The van der Waals surface area contributed by atoms with Crippen molar-refractivity contribution in [3.05, 3.63) is 45.6 Å². The van der Waals surface area contributed by atoms with Crippen LogP contribution in [0.4, 0.5) is 0 Å². The molecule has 1 fully saturated rings. The van der Waals surface area contributed by atoms with E-state index in [1.54, 1.807) is 0 Å². The average molecular weight is 457 g/mol. The molecule has 2 N–H and O–H groups in total. The Morgan fingerprint density at radius 2 is 1.92 bits per heavy atom. The summed E-state index contributed by atoms with van der Waals surface area (Å²) in [6.07, 6.45) is 2.51. The fourth-order valence-corrected chi connectivity index (χ4v) is 3.56. The normalized spacial score (nSPS) is 14.8. The van der Waals surface area contributed by atoms with Crippen LogP contribution in [0.1, 0.15) is 18.6 Å². The van der Waals surface area contributed by atoms with Gasteiger partial charge in [-0.05, 0) is 68.7 Å². The fraction of sp³-hybridized carbons (Fsp3) is 0.412. The van der Waals surface area contributed by atoms with Crippen LogP contribution in [0, 0.1) is 5.92 Å². The molecule has 0 unspecified atom stereocenters. The second kappa shape index (κ2) is 10.7. The van der Waals surface area contributed by atoms with E-state index in [9.17, 15) is 0 Å². The van der Waals surface area contributed by atoms with E-state index in [0.717, 1.165) is 53.7 Å². The van der Waals surface area contributed by atoms with Gasteiger partial charge in [0, 0.05) is 10.0 Å². The standard InChI is InChI=1S/C17H20BrClN2O.2ClH/c18-13-1-3-15(16(19)9-13)17-4-2-14(22-17)11-21-10-12-5-7-20-8-6-12;;/h1-4,9,12,20-21H,5-8,10-11H2;2*1H. The van der Waals surface area contributed by atoms with E-state index >= 15 is 0 Å². The van der Waals surface area contributed by atoms with Gasteiger partial charge in [0.1, 0.15) is 11.5 Å². The Balaban J connectivity index is 0.00000144. The predicted octanol–water partition coefficient (Wildman–Crippen LogP) is 5.30. The summed E-state index contributed by atoms with van der Waals surface area (Å²) in [4.78, 5) is 0. The minimum Gasteiger partial charge on any atom is -0.460 e. The summed E-state index contributed by atoms with van der Waals surface area (Å²) in [6.45, 7) is 4.09. The van der Waals surface area contributed by atoms with Crippen LogP contribution in [0.25, 0.3) is 11.3 Å². The Bertz CT molecular complexity index is 630. The van der Waals surface area contributed by atoms with Crippen molar-refractivity contribution in [2.75, 3.05) is 19.6 Å². The number of benzene rings is 1. The summed E-state index contributed by atoms with van der Waals surface area (Å²) in [7, 11) is 0. The third-order valence-electron chi connectivity index (χ3n) is 4.05. The summed E-state index contributed by atoms with van der Waals surface area (Å²) >= 11 is 9.68. The zero-order valence-electron chi connectivity index (χ0n) is 13.2. The highest BCUT2D eigenvalue weighted by molar-refractivity contribution is 9.10. The number of rotatable bonds is 5. The molecule has 2 heterocycles. The van der Waals surface area contributed by atoms with Crippen LogP contribution in [0.15, 0.2) is 39.2 Å². The summed E-state index contributed by atoms with van der Waals surface area (Å²) < 4.78 is 6.87. The predicted molar refractivity (Wildman–Crippen MR) is 109 cm³/mol. The van der Waals surface area contributed by atoms with Gasteiger partial charge in [-0.15, -0.1) is 24.8 Å². The number of halogens is 4. The minimum absolute atomic E-state index is 0. The van der Waals surface area contributed by atoms with Crippen molar-refractivity contribution in [1.82, 2.24) is 10.6 Å². The molecule has 1 aliphatic heterocycles. The molecule has 0 aliphatic carbocycles.